The van der Waals surface area contributed by atoms with E-state index in [-0.39, 0.29) is 0 Å². The zero-order chi connectivity index (χ0) is 9.52. The van der Waals surface area contributed by atoms with Crippen LogP contribution in [0.3, 0.4) is 0 Å². The Morgan fingerprint density at radius 2 is 2.46 bits per heavy atom. The molecule has 0 saturated carbocycles. The maximum absolute atomic E-state index is 5.62. The minimum atomic E-state index is 0.298. The highest BCUT2D eigenvalue weighted by molar-refractivity contribution is 4.63. The Labute approximate surface area is 80.6 Å². The molecule has 1 aliphatic rings. The van der Waals surface area contributed by atoms with Crippen molar-refractivity contribution in [2.24, 2.45) is 5.73 Å². The number of rotatable bonds is 6. The third-order valence-corrected chi connectivity index (χ3v) is 2.28. The molecule has 2 unspecified atom stereocenters. The average molecular weight is 187 g/mol. The van der Waals surface area contributed by atoms with Crippen LogP contribution < -0.4 is 5.73 Å². The van der Waals surface area contributed by atoms with Gasteiger partial charge in [0.15, 0.2) is 0 Å². The van der Waals surface area contributed by atoms with Gasteiger partial charge in [-0.25, -0.2) is 0 Å². The topological polar surface area (TPSA) is 44.5 Å². The summed E-state index contributed by atoms with van der Waals surface area (Å²) in [6, 6.07) is 0.298. The molecule has 1 saturated heterocycles. The summed E-state index contributed by atoms with van der Waals surface area (Å²) < 4.78 is 10.9. The van der Waals surface area contributed by atoms with Crippen molar-refractivity contribution >= 4 is 0 Å². The molecule has 1 heterocycles. The molecule has 0 spiro atoms. The second-order valence-corrected chi connectivity index (χ2v) is 3.83. The molecule has 0 radical (unpaired) electrons. The van der Waals surface area contributed by atoms with Crippen LogP contribution in [0.2, 0.25) is 0 Å². The number of hydrogen-bond donors (Lipinski definition) is 1. The van der Waals surface area contributed by atoms with Crippen LogP contribution in [0.4, 0.5) is 0 Å². The van der Waals surface area contributed by atoms with Crippen molar-refractivity contribution < 1.29 is 9.47 Å². The normalized spacial score (nSPS) is 24.9. The summed E-state index contributed by atoms with van der Waals surface area (Å²) in [7, 11) is 0. The first-order valence-corrected chi connectivity index (χ1v) is 5.24. The molecule has 0 amide bonds. The van der Waals surface area contributed by atoms with E-state index in [9.17, 15) is 0 Å². The van der Waals surface area contributed by atoms with Gasteiger partial charge in [-0.3, -0.25) is 0 Å². The van der Waals surface area contributed by atoms with E-state index in [1.165, 1.54) is 6.42 Å². The van der Waals surface area contributed by atoms with E-state index in [1.807, 2.05) is 6.92 Å². The quantitative estimate of drug-likeness (QED) is 0.638. The van der Waals surface area contributed by atoms with Crippen LogP contribution in [0, 0.1) is 0 Å². The van der Waals surface area contributed by atoms with E-state index >= 15 is 0 Å². The first kappa shape index (κ1) is 11.0. The van der Waals surface area contributed by atoms with Crippen molar-refractivity contribution in [3.8, 4) is 0 Å². The Morgan fingerprint density at radius 3 is 3.08 bits per heavy atom. The van der Waals surface area contributed by atoms with Crippen LogP contribution in [-0.4, -0.2) is 32.0 Å². The Hall–Kier alpha value is -0.120. The van der Waals surface area contributed by atoms with Gasteiger partial charge >= 0.3 is 0 Å². The molecule has 0 bridgehead atoms. The number of ether oxygens (including phenoxy) is 2. The number of hydrogen-bond acceptors (Lipinski definition) is 3. The molecule has 0 aromatic heterocycles. The summed E-state index contributed by atoms with van der Waals surface area (Å²) in [5.41, 5.74) is 5.62. The Kier molecular flexibility index (Phi) is 5.35. The summed E-state index contributed by atoms with van der Waals surface area (Å²) in [6.45, 7) is 4.52. The predicted molar refractivity (Wildman–Crippen MR) is 52.7 cm³/mol. The van der Waals surface area contributed by atoms with E-state index in [1.54, 1.807) is 0 Å². The summed E-state index contributed by atoms with van der Waals surface area (Å²) in [6.07, 6.45) is 4.81. The zero-order valence-electron chi connectivity index (χ0n) is 8.50. The van der Waals surface area contributed by atoms with Crippen LogP contribution in [0.1, 0.15) is 32.6 Å². The van der Waals surface area contributed by atoms with Gasteiger partial charge in [0.1, 0.15) is 0 Å². The lowest BCUT2D eigenvalue weighted by atomic mass is 10.2. The summed E-state index contributed by atoms with van der Waals surface area (Å²) >= 11 is 0. The minimum Gasteiger partial charge on any atom is -0.379 e. The second-order valence-electron chi connectivity index (χ2n) is 3.83. The van der Waals surface area contributed by atoms with E-state index in [2.05, 4.69) is 0 Å². The van der Waals surface area contributed by atoms with Crippen LogP contribution in [0.5, 0.6) is 0 Å². The Balaban J connectivity index is 1.83. The highest BCUT2D eigenvalue weighted by atomic mass is 16.5. The monoisotopic (exact) mass is 187 g/mol. The molecule has 0 aliphatic carbocycles. The van der Waals surface area contributed by atoms with Crippen molar-refractivity contribution in [1.29, 1.82) is 0 Å². The fourth-order valence-electron chi connectivity index (χ4n) is 1.50. The van der Waals surface area contributed by atoms with Gasteiger partial charge in [-0.15, -0.1) is 0 Å². The van der Waals surface area contributed by atoms with Crippen molar-refractivity contribution in [1.82, 2.24) is 0 Å². The standard InChI is InChI=1S/C10H21NO2/c1-9(11)4-2-6-12-8-10-5-3-7-13-10/h9-10H,2-8,11H2,1H3. The highest BCUT2D eigenvalue weighted by Crippen LogP contribution is 2.11. The van der Waals surface area contributed by atoms with E-state index in [0.717, 1.165) is 39.1 Å². The zero-order valence-corrected chi connectivity index (χ0v) is 8.50. The van der Waals surface area contributed by atoms with Gasteiger partial charge in [0.2, 0.25) is 0 Å². The maximum Gasteiger partial charge on any atom is 0.0809 e. The third-order valence-electron chi connectivity index (χ3n) is 2.28. The Morgan fingerprint density at radius 1 is 1.62 bits per heavy atom. The molecule has 2 atom stereocenters. The van der Waals surface area contributed by atoms with Crippen LogP contribution in [-0.2, 0) is 9.47 Å². The molecule has 1 fully saturated rings. The lowest BCUT2D eigenvalue weighted by molar-refractivity contribution is 0.0160. The van der Waals surface area contributed by atoms with Gasteiger partial charge in [-0.1, -0.05) is 0 Å². The van der Waals surface area contributed by atoms with Gasteiger partial charge in [0.05, 0.1) is 12.7 Å². The maximum atomic E-state index is 5.62. The van der Waals surface area contributed by atoms with Crippen molar-refractivity contribution in [3.63, 3.8) is 0 Å². The molecule has 0 aromatic rings. The molecule has 78 valence electrons. The van der Waals surface area contributed by atoms with Gasteiger partial charge in [-0.05, 0) is 32.6 Å². The molecule has 2 N–H and O–H groups in total. The van der Waals surface area contributed by atoms with Gasteiger partial charge in [0, 0.05) is 19.3 Å². The third kappa shape index (κ3) is 5.24. The molecule has 13 heavy (non-hydrogen) atoms. The fourth-order valence-corrected chi connectivity index (χ4v) is 1.50. The molecule has 1 rings (SSSR count). The average Bonchev–Trinajstić information content (AvgIpc) is 2.55. The number of nitrogens with two attached hydrogens (primary N) is 1. The first-order valence-electron chi connectivity index (χ1n) is 5.24. The second kappa shape index (κ2) is 6.35. The van der Waals surface area contributed by atoms with E-state index in [0.29, 0.717) is 12.1 Å². The predicted octanol–water partition coefficient (Wildman–Crippen LogP) is 1.31. The lowest BCUT2D eigenvalue weighted by Gasteiger charge is -2.10. The van der Waals surface area contributed by atoms with E-state index in [4.69, 9.17) is 15.2 Å². The molecule has 3 heteroatoms. The van der Waals surface area contributed by atoms with Gasteiger partial charge in [0.25, 0.3) is 0 Å². The van der Waals surface area contributed by atoms with Gasteiger partial charge < -0.3 is 15.2 Å². The first-order chi connectivity index (χ1) is 6.29. The minimum absolute atomic E-state index is 0.298. The Bertz CT molecular complexity index is 122. The van der Waals surface area contributed by atoms with Crippen molar-refractivity contribution in [3.05, 3.63) is 0 Å². The largest absolute Gasteiger partial charge is 0.379 e. The molecule has 0 aromatic carbocycles. The van der Waals surface area contributed by atoms with Crippen LogP contribution >= 0.6 is 0 Å². The van der Waals surface area contributed by atoms with Crippen molar-refractivity contribution in [2.75, 3.05) is 19.8 Å². The SMILES string of the molecule is CC(N)CCCOCC1CCCO1. The summed E-state index contributed by atoms with van der Waals surface area (Å²) in [5, 5.41) is 0. The van der Waals surface area contributed by atoms with E-state index < -0.39 is 0 Å². The van der Waals surface area contributed by atoms with Crippen LogP contribution in [0.15, 0.2) is 0 Å². The fraction of sp³-hybridized carbons (Fsp3) is 1.00. The molecule has 3 nitrogen and oxygen atoms in total. The van der Waals surface area contributed by atoms with Crippen molar-refractivity contribution in [2.45, 2.75) is 44.8 Å². The lowest BCUT2D eigenvalue weighted by Crippen LogP contribution is -2.17. The van der Waals surface area contributed by atoms with Crippen LogP contribution in [0.25, 0.3) is 0 Å². The van der Waals surface area contributed by atoms with Gasteiger partial charge in [-0.2, -0.15) is 0 Å². The molecular weight excluding hydrogens is 166 g/mol. The summed E-state index contributed by atoms with van der Waals surface area (Å²) in [5.74, 6) is 0. The highest BCUT2D eigenvalue weighted by Gasteiger charge is 2.14. The molecular formula is C10H21NO2. The molecule has 1 aliphatic heterocycles. The summed E-state index contributed by atoms with van der Waals surface area (Å²) in [4.78, 5) is 0. The smallest absolute Gasteiger partial charge is 0.0809 e.